The lowest BCUT2D eigenvalue weighted by atomic mass is 9.89. The molecule has 1 aliphatic rings. The number of urea groups is 1. The predicted molar refractivity (Wildman–Crippen MR) is 105 cm³/mol. The van der Waals surface area contributed by atoms with Gasteiger partial charge in [-0.05, 0) is 37.1 Å². The van der Waals surface area contributed by atoms with Crippen LogP contribution in [0.25, 0.3) is 11.4 Å². The van der Waals surface area contributed by atoms with Crippen molar-refractivity contribution in [1.29, 1.82) is 0 Å². The van der Waals surface area contributed by atoms with E-state index in [-0.39, 0.29) is 6.03 Å². The minimum atomic E-state index is -0.297. The minimum Gasteiger partial charge on any atom is -0.339 e. The summed E-state index contributed by atoms with van der Waals surface area (Å²) in [5.74, 6) is 1.66. The molecule has 1 heterocycles. The Morgan fingerprint density at radius 1 is 0.926 bits per heavy atom. The maximum Gasteiger partial charge on any atom is 0.323 e. The number of hydrogen-bond acceptors (Lipinski definition) is 4. The average Bonchev–Trinajstić information content (AvgIpc) is 3.20. The highest BCUT2D eigenvalue weighted by molar-refractivity contribution is 6.00. The van der Waals surface area contributed by atoms with Crippen molar-refractivity contribution in [3.63, 3.8) is 0 Å². The van der Waals surface area contributed by atoms with E-state index in [1.165, 1.54) is 19.3 Å². The highest BCUT2D eigenvalue weighted by Crippen LogP contribution is 2.32. The Hall–Kier alpha value is -3.15. The van der Waals surface area contributed by atoms with Crippen LogP contribution in [0.2, 0.25) is 0 Å². The van der Waals surface area contributed by atoms with Crippen molar-refractivity contribution in [2.45, 2.75) is 38.0 Å². The summed E-state index contributed by atoms with van der Waals surface area (Å²) in [4.78, 5) is 16.8. The van der Waals surface area contributed by atoms with Crippen molar-refractivity contribution in [2.24, 2.45) is 0 Å². The Kier molecular flexibility index (Phi) is 5.14. The maximum atomic E-state index is 12.2. The summed E-state index contributed by atoms with van der Waals surface area (Å²) < 4.78 is 5.50. The number of nitrogens with one attached hydrogen (secondary N) is 2. The number of para-hydroxylation sites is 1. The van der Waals surface area contributed by atoms with Gasteiger partial charge < -0.3 is 15.2 Å². The van der Waals surface area contributed by atoms with E-state index >= 15 is 0 Å². The maximum absolute atomic E-state index is 12.2. The van der Waals surface area contributed by atoms with Crippen molar-refractivity contribution >= 4 is 17.4 Å². The van der Waals surface area contributed by atoms with E-state index in [2.05, 4.69) is 20.8 Å². The largest absolute Gasteiger partial charge is 0.339 e. The van der Waals surface area contributed by atoms with E-state index in [4.69, 9.17) is 4.52 Å². The summed E-state index contributed by atoms with van der Waals surface area (Å²) in [5, 5.41) is 9.77. The van der Waals surface area contributed by atoms with Gasteiger partial charge in [0, 0.05) is 22.9 Å². The van der Waals surface area contributed by atoms with Crippen molar-refractivity contribution < 1.29 is 9.32 Å². The Morgan fingerprint density at radius 2 is 1.67 bits per heavy atom. The summed E-state index contributed by atoms with van der Waals surface area (Å²) in [7, 11) is 0. The molecule has 0 bridgehead atoms. The molecule has 2 aromatic carbocycles. The van der Waals surface area contributed by atoms with Crippen LogP contribution in [0.4, 0.5) is 16.2 Å². The molecule has 6 heteroatoms. The highest BCUT2D eigenvalue weighted by atomic mass is 16.5. The van der Waals surface area contributed by atoms with Crippen LogP contribution in [0.1, 0.15) is 43.9 Å². The van der Waals surface area contributed by atoms with E-state index in [1.807, 2.05) is 54.6 Å². The van der Waals surface area contributed by atoms with E-state index in [1.54, 1.807) is 0 Å². The first-order valence-electron chi connectivity index (χ1n) is 9.35. The Morgan fingerprint density at radius 3 is 2.48 bits per heavy atom. The van der Waals surface area contributed by atoms with Gasteiger partial charge in [-0.2, -0.15) is 4.98 Å². The lowest BCUT2D eigenvalue weighted by molar-refractivity contribution is 0.262. The summed E-state index contributed by atoms with van der Waals surface area (Å²) in [6.45, 7) is 0. The molecule has 3 aromatic rings. The third-order valence-electron chi connectivity index (χ3n) is 4.81. The molecule has 27 heavy (non-hydrogen) atoms. The third-order valence-corrected chi connectivity index (χ3v) is 4.81. The average molecular weight is 362 g/mol. The zero-order valence-electron chi connectivity index (χ0n) is 15.0. The molecule has 4 rings (SSSR count). The Labute approximate surface area is 158 Å². The first kappa shape index (κ1) is 17.3. The number of aromatic nitrogens is 2. The summed E-state index contributed by atoms with van der Waals surface area (Å²) in [6.07, 6.45) is 5.96. The van der Waals surface area contributed by atoms with Crippen LogP contribution in [0, 0.1) is 0 Å². The van der Waals surface area contributed by atoms with Gasteiger partial charge in [-0.3, -0.25) is 0 Å². The molecule has 0 atom stereocenters. The van der Waals surface area contributed by atoms with Gasteiger partial charge in [0.15, 0.2) is 0 Å². The number of hydrogen-bond donors (Lipinski definition) is 2. The van der Waals surface area contributed by atoms with Crippen LogP contribution in [0.5, 0.6) is 0 Å². The van der Waals surface area contributed by atoms with Gasteiger partial charge in [-0.25, -0.2) is 4.79 Å². The fraction of sp³-hybridized carbons (Fsp3) is 0.286. The third kappa shape index (κ3) is 4.34. The molecule has 2 N–H and O–H groups in total. The molecule has 138 valence electrons. The van der Waals surface area contributed by atoms with E-state index in [9.17, 15) is 4.79 Å². The first-order chi connectivity index (χ1) is 13.3. The smallest absolute Gasteiger partial charge is 0.323 e. The van der Waals surface area contributed by atoms with Crippen LogP contribution in [0.3, 0.4) is 0 Å². The second-order valence-electron chi connectivity index (χ2n) is 6.82. The lowest BCUT2D eigenvalue weighted by Gasteiger charge is -2.17. The quantitative estimate of drug-likeness (QED) is 0.648. The van der Waals surface area contributed by atoms with Crippen molar-refractivity contribution in [3.05, 3.63) is 60.5 Å². The first-order valence-corrected chi connectivity index (χ1v) is 9.35. The number of carbonyl (C=O) groups excluding carboxylic acids is 1. The number of rotatable bonds is 4. The van der Waals surface area contributed by atoms with Gasteiger partial charge in [-0.1, -0.05) is 54.8 Å². The van der Waals surface area contributed by atoms with Crippen LogP contribution >= 0.6 is 0 Å². The summed E-state index contributed by atoms with van der Waals surface area (Å²) >= 11 is 0. The van der Waals surface area contributed by atoms with Crippen molar-refractivity contribution in [2.75, 3.05) is 10.6 Å². The zero-order valence-corrected chi connectivity index (χ0v) is 15.0. The standard InChI is InChI=1S/C21H22N4O2/c26-21(22-17-11-5-2-6-12-17)23-18-13-7-10-16(14-18)19-24-20(27-25-19)15-8-3-1-4-9-15/h2,5-7,10-15H,1,3-4,8-9H2,(H2,22,23,26). The SMILES string of the molecule is O=C(Nc1ccccc1)Nc1cccc(-c2noc(C3CCCCC3)n2)c1. The Balaban J connectivity index is 1.44. The monoisotopic (exact) mass is 362 g/mol. The molecule has 0 spiro atoms. The van der Waals surface area contributed by atoms with E-state index in [0.29, 0.717) is 17.4 Å². The number of carbonyl (C=O) groups is 1. The molecule has 1 aromatic heterocycles. The molecule has 0 radical (unpaired) electrons. The van der Waals surface area contributed by atoms with Gasteiger partial charge in [0.05, 0.1) is 0 Å². The van der Waals surface area contributed by atoms with Crippen LogP contribution in [-0.2, 0) is 0 Å². The van der Waals surface area contributed by atoms with Gasteiger partial charge >= 0.3 is 6.03 Å². The molecule has 1 fully saturated rings. The fourth-order valence-corrected chi connectivity index (χ4v) is 3.42. The molecular formula is C21H22N4O2. The molecule has 0 saturated heterocycles. The zero-order chi connectivity index (χ0) is 18.5. The normalized spacial score (nSPS) is 14.7. The predicted octanol–water partition coefficient (Wildman–Crippen LogP) is 5.43. The minimum absolute atomic E-state index is 0.297. The van der Waals surface area contributed by atoms with Crippen molar-refractivity contribution in [1.82, 2.24) is 10.1 Å². The molecule has 1 saturated carbocycles. The number of nitrogens with zero attached hydrogens (tertiary/aromatic N) is 2. The molecular weight excluding hydrogens is 340 g/mol. The second-order valence-corrected chi connectivity index (χ2v) is 6.82. The highest BCUT2D eigenvalue weighted by Gasteiger charge is 2.22. The molecule has 0 unspecified atom stereocenters. The number of anilines is 2. The van der Waals surface area contributed by atoms with Crippen LogP contribution in [0.15, 0.2) is 59.1 Å². The van der Waals surface area contributed by atoms with Gasteiger partial charge in [0.1, 0.15) is 0 Å². The van der Waals surface area contributed by atoms with Crippen LogP contribution < -0.4 is 10.6 Å². The second kappa shape index (κ2) is 8.03. The fourth-order valence-electron chi connectivity index (χ4n) is 3.42. The van der Waals surface area contributed by atoms with E-state index in [0.717, 1.165) is 30.0 Å². The van der Waals surface area contributed by atoms with Gasteiger partial charge in [0.25, 0.3) is 0 Å². The van der Waals surface area contributed by atoms with Crippen molar-refractivity contribution in [3.8, 4) is 11.4 Å². The number of amides is 2. The summed E-state index contributed by atoms with van der Waals surface area (Å²) in [5.41, 5.74) is 2.23. The lowest BCUT2D eigenvalue weighted by Crippen LogP contribution is -2.19. The van der Waals surface area contributed by atoms with Crippen LogP contribution in [-0.4, -0.2) is 16.2 Å². The molecule has 0 aliphatic heterocycles. The van der Waals surface area contributed by atoms with E-state index < -0.39 is 0 Å². The number of benzene rings is 2. The topological polar surface area (TPSA) is 80.0 Å². The molecule has 2 amide bonds. The molecule has 6 nitrogen and oxygen atoms in total. The van der Waals surface area contributed by atoms with Gasteiger partial charge in [-0.15, -0.1) is 0 Å². The van der Waals surface area contributed by atoms with Gasteiger partial charge in [0.2, 0.25) is 11.7 Å². The summed E-state index contributed by atoms with van der Waals surface area (Å²) in [6, 6.07) is 16.5. The molecule has 1 aliphatic carbocycles. The Bertz CT molecular complexity index is 901.